The van der Waals surface area contributed by atoms with Gasteiger partial charge in [0.15, 0.2) is 0 Å². The number of ether oxygens (including phenoxy) is 1. The number of hydrazine groups is 1. The molecule has 0 fully saturated rings. The maximum absolute atomic E-state index is 12.2. The highest BCUT2D eigenvalue weighted by Crippen LogP contribution is 2.23. The van der Waals surface area contributed by atoms with Crippen LogP contribution in [-0.4, -0.2) is 6.61 Å². The van der Waals surface area contributed by atoms with Gasteiger partial charge >= 0.3 is 6.61 Å². The summed E-state index contributed by atoms with van der Waals surface area (Å²) in [4.78, 5) is 0. The highest BCUT2D eigenvalue weighted by molar-refractivity contribution is 5.31. The number of nitrogens with two attached hydrogens (primary N) is 1. The molecule has 0 radical (unpaired) electrons. The molecule has 0 saturated heterocycles. The van der Waals surface area contributed by atoms with Gasteiger partial charge in [0.2, 0.25) is 0 Å². The van der Waals surface area contributed by atoms with Crippen LogP contribution in [0, 0.1) is 0 Å². The minimum Gasteiger partial charge on any atom is -0.469 e. The van der Waals surface area contributed by atoms with Crippen LogP contribution in [-0.2, 0) is 6.42 Å². The smallest absolute Gasteiger partial charge is 0.387 e. The van der Waals surface area contributed by atoms with E-state index in [1.165, 1.54) is 12.1 Å². The largest absolute Gasteiger partial charge is 0.469 e. The Morgan fingerprint density at radius 3 is 2.74 bits per heavy atom. The van der Waals surface area contributed by atoms with E-state index >= 15 is 0 Å². The molecule has 4 nitrogen and oxygen atoms in total. The van der Waals surface area contributed by atoms with Crippen molar-refractivity contribution in [2.45, 2.75) is 19.1 Å². The molecule has 102 valence electrons. The van der Waals surface area contributed by atoms with E-state index < -0.39 is 6.61 Å². The molecule has 0 aliphatic heterocycles. The van der Waals surface area contributed by atoms with Crippen molar-refractivity contribution in [2.24, 2.45) is 5.84 Å². The molecule has 2 rings (SSSR count). The first kappa shape index (κ1) is 13.5. The van der Waals surface area contributed by atoms with Crippen molar-refractivity contribution in [2.75, 3.05) is 0 Å². The molecule has 1 atom stereocenters. The normalized spacial score (nSPS) is 12.6. The second kappa shape index (κ2) is 6.31. The molecule has 0 aliphatic rings. The Morgan fingerprint density at radius 2 is 2.11 bits per heavy atom. The molecule has 6 heteroatoms. The summed E-state index contributed by atoms with van der Waals surface area (Å²) >= 11 is 0. The standard InChI is InChI=1S/C13H14F2N2O2/c14-13(15)19-11-4-1-3-9(7-11)12(17-16)8-10-5-2-6-18-10/h1-7,12-13,17H,8,16H2. The van der Waals surface area contributed by atoms with Gasteiger partial charge in [-0.25, -0.2) is 0 Å². The van der Waals surface area contributed by atoms with Crippen LogP contribution < -0.4 is 16.0 Å². The number of halogens is 2. The summed E-state index contributed by atoms with van der Waals surface area (Å²) in [7, 11) is 0. The molecule has 0 amide bonds. The maximum Gasteiger partial charge on any atom is 0.387 e. The molecule has 1 aromatic heterocycles. The average molecular weight is 268 g/mol. The van der Waals surface area contributed by atoms with Crippen LogP contribution in [0.2, 0.25) is 0 Å². The van der Waals surface area contributed by atoms with Crippen molar-refractivity contribution in [3.63, 3.8) is 0 Å². The molecule has 0 aliphatic carbocycles. The fourth-order valence-corrected chi connectivity index (χ4v) is 1.81. The van der Waals surface area contributed by atoms with Gasteiger partial charge in [0.1, 0.15) is 11.5 Å². The lowest BCUT2D eigenvalue weighted by atomic mass is 10.0. The summed E-state index contributed by atoms with van der Waals surface area (Å²) in [6.07, 6.45) is 2.08. The van der Waals surface area contributed by atoms with Crippen LogP contribution in [0.25, 0.3) is 0 Å². The zero-order valence-electron chi connectivity index (χ0n) is 10.1. The predicted octanol–water partition coefficient (Wildman–Crippen LogP) is 2.63. The molecular weight excluding hydrogens is 254 g/mol. The molecule has 1 heterocycles. The lowest BCUT2D eigenvalue weighted by Gasteiger charge is -2.16. The summed E-state index contributed by atoms with van der Waals surface area (Å²) in [5.41, 5.74) is 3.38. The molecule has 2 aromatic rings. The molecule has 0 bridgehead atoms. The van der Waals surface area contributed by atoms with Gasteiger partial charge in [-0.2, -0.15) is 8.78 Å². The average Bonchev–Trinajstić information content (AvgIpc) is 2.88. The van der Waals surface area contributed by atoms with Gasteiger partial charge in [-0.05, 0) is 29.8 Å². The number of rotatable bonds is 6. The van der Waals surface area contributed by atoms with Crippen LogP contribution >= 0.6 is 0 Å². The van der Waals surface area contributed by atoms with E-state index in [4.69, 9.17) is 10.3 Å². The zero-order chi connectivity index (χ0) is 13.7. The van der Waals surface area contributed by atoms with Crippen molar-refractivity contribution >= 4 is 0 Å². The fourth-order valence-electron chi connectivity index (χ4n) is 1.81. The van der Waals surface area contributed by atoms with Crippen LogP contribution in [0.1, 0.15) is 17.4 Å². The minimum absolute atomic E-state index is 0.104. The van der Waals surface area contributed by atoms with Crippen LogP contribution in [0.15, 0.2) is 47.1 Å². The van der Waals surface area contributed by atoms with Gasteiger partial charge in [0.05, 0.1) is 12.3 Å². The Labute approximate surface area is 109 Å². The second-order valence-electron chi connectivity index (χ2n) is 3.95. The Hall–Kier alpha value is -1.92. The lowest BCUT2D eigenvalue weighted by molar-refractivity contribution is -0.0499. The van der Waals surface area contributed by atoms with Gasteiger partial charge < -0.3 is 9.15 Å². The van der Waals surface area contributed by atoms with Crippen molar-refractivity contribution in [3.8, 4) is 5.75 Å². The topological polar surface area (TPSA) is 60.4 Å². The fraction of sp³-hybridized carbons (Fsp3) is 0.231. The van der Waals surface area contributed by atoms with E-state index in [9.17, 15) is 8.78 Å². The van der Waals surface area contributed by atoms with E-state index in [1.807, 2.05) is 6.07 Å². The first-order valence-electron chi connectivity index (χ1n) is 5.72. The van der Waals surface area contributed by atoms with Gasteiger partial charge in [-0.15, -0.1) is 0 Å². The number of hydrogen-bond donors (Lipinski definition) is 2. The van der Waals surface area contributed by atoms with Crippen LogP contribution in [0.5, 0.6) is 5.75 Å². The van der Waals surface area contributed by atoms with E-state index in [1.54, 1.807) is 24.5 Å². The summed E-state index contributed by atoms with van der Waals surface area (Å²) < 4.78 is 33.9. The van der Waals surface area contributed by atoms with E-state index in [-0.39, 0.29) is 11.8 Å². The predicted molar refractivity (Wildman–Crippen MR) is 65.6 cm³/mol. The SMILES string of the molecule is NNC(Cc1ccco1)c1cccc(OC(F)F)c1. The Kier molecular flexibility index (Phi) is 4.48. The third-order valence-corrected chi connectivity index (χ3v) is 2.67. The molecule has 0 spiro atoms. The Bertz CT molecular complexity index is 503. The molecule has 19 heavy (non-hydrogen) atoms. The third-order valence-electron chi connectivity index (χ3n) is 2.67. The van der Waals surface area contributed by atoms with Crippen molar-refractivity contribution in [3.05, 3.63) is 54.0 Å². The summed E-state index contributed by atoms with van der Waals surface area (Å²) in [5, 5.41) is 0. The first-order valence-corrected chi connectivity index (χ1v) is 5.72. The van der Waals surface area contributed by atoms with Crippen LogP contribution in [0.3, 0.4) is 0 Å². The molecule has 1 aromatic carbocycles. The number of nitrogens with one attached hydrogen (secondary N) is 1. The highest BCUT2D eigenvalue weighted by atomic mass is 19.3. The van der Waals surface area contributed by atoms with Gasteiger partial charge in [-0.1, -0.05) is 12.1 Å². The van der Waals surface area contributed by atoms with Crippen molar-refractivity contribution in [1.29, 1.82) is 0 Å². The van der Waals surface area contributed by atoms with Gasteiger partial charge in [0.25, 0.3) is 0 Å². The molecular formula is C13H14F2N2O2. The van der Waals surface area contributed by atoms with Crippen molar-refractivity contribution in [1.82, 2.24) is 5.43 Å². The lowest BCUT2D eigenvalue weighted by Crippen LogP contribution is -2.29. The van der Waals surface area contributed by atoms with E-state index in [2.05, 4.69) is 10.2 Å². The zero-order valence-corrected chi connectivity index (χ0v) is 10.1. The van der Waals surface area contributed by atoms with Gasteiger partial charge in [0, 0.05) is 6.42 Å². The van der Waals surface area contributed by atoms with E-state index in [0.29, 0.717) is 6.42 Å². The number of hydrogen-bond acceptors (Lipinski definition) is 4. The molecule has 0 saturated carbocycles. The summed E-state index contributed by atoms with van der Waals surface area (Å²) in [5.74, 6) is 6.35. The molecule has 3 N–H and O–H groups in total. The number of furan rings is 1. The summed E-state index contributed by atoms with van der Waals surface area (Å²) in [6, 6.07) is 9.77. The van der Waals surface area contributed by atoms with Crippen molar-refractivity contribution < 1.29 is 17.9 Å². The quantitative estimate of drug-likeness (QED) is 0.624. The van der Waals surface area contributed by atoms with E-state index in [0.717, 1.165) is 11.3 Å². The first-order chi connectivity index (χ1) is 9.19. The Balaban J connectivity index is 2.13. The van der Waals surface area contributed by atoms with Crippen LogP contribution in [0.4, 0.5) is 8.78 Å². The summed E-state index contributed by atoms with van der Waals surface area (Å²) in [6.45, 7) is -2.84. The Morgan fingerprint density at radius 1 is 1.26 bits per heavy atom. The maximum atomic E-state index is 12.2. The minimum atomic E-state index is -2.84. The molecule has 1 unspecified atom stereocenters. The number of alkyl halides is 2. The van der Waals surface area contributed by atoms with Gasteiger partial charge in [-0.3, -0.25) is 11.3 Å². The third kappa shape index (κ3) is 3.77. The highest BCUT2D eigenvalue weighted by Gasteiger charge is 2.14. The monoisotopic (exact) mass is 268 g/mol. The number of benzene rings is 1. The second-order valence-corrected chi connectivity index (χ2v) is 3.95.